The number of hydrogen-bond acceptors (Lipinski definition) is 5. The zero-order valence-corrected chi connectivity index (χ0v) is 9.68. The first-order valence-corrected chi connectivity index (χ1v) is 5.49. The summed E-state index contributed by atoms with van der Waals surface area (Å²) in [6.07, 6.45) is 4.11. The Kier molecular flexibility index (Phi) is 4.56. The highest BCUT2D eigenvalue weighted by Crippen LogP contribution is 2.20. The SMILES string of the molecule is CCCCCC(=O)c1cc(N)cnc1[N+](=O)[O-]. The summed E-state index contributed by atoms with van der Waals surface area (Å²) in [7, 11) is 0. The predicted molar refractivity (Wildman–Crippen MR) is 63.8 cm³/mol. The number of nitrogens with two attached hydrogens (primary N) is 1. The fraction of sp³-hybridized carbons (Fsp3) is 0.455. The second-order valence-corrected chi connectivity index (χ2v) is 3.78. The van der Waals surface area contributed by atoms with E-state index in [0.29, 0.717) is 6.42 Å². The van der Waals surface area contributed by atoms with Gasteiger partial charge in [0.2, 0.25) is 0 Å². The Morgan fingerprint density at radius 1 is 1.53 bits per heavy atom. The van der Waals surface area contributed by atoms with Crippen LogP contribution in [0.2, 0.25) is 0 Å². The maximum absolute atomic E-state index is 11.8. The molecule has 0 unspecified atom stereocenters. The quantitative estimate of drug-likeness (QED) is 0.354. The third-order valence-corrected chi connectivity index (χ3v) is 2.37. The third-order valence-electron chi connectivity index (χ3n) is 2.37. The lowest BCUT2D eigenvalue weighted by Gasteiger charge is -2.02. The van der Waals surface area contributed by atoms with Crippen LogP contribution in [0.25, 0.3) is 0 Å². The van der Waals surface area contributed by atoms with Crippen LogP contribution in [0.15, 0.2) is 12.3 Å². The van der Waals surface area contributed by atoms with E-state index in [1.165, 1.54) is 12.3 Å². The molecule has 92 valence electrons. The Labute approximate surface area is 99.0 Å². The largest absolute Gasteiger partial charge is 0.396 e. The number of Topliss-reactive ketones (excluding diaryl/α,β-unsaturated/α-hetero) is 1. The maximum atomic E-state index is 11.8. The highest BCUT2D eigenvalue weighted by molar-refractivity contribution is 5.99. The van der Waals surface area contributed by atoms with Crippen LogP contribution in [0.1, 0.15) is 43.0 Å². The average molecular weight is 237 g/mol. The van der Waals surface area contributed by atoms with E-state index in [1.54, 1.807) is 0 Å². The van der Waals surface area contributed by atoms with Gasteiger partial charge in [-0.05, 0) is 22.4 Å². The molecule has 0 aliphatic carbocycles. The number of carbonyl (C=O) groups is 1. The van der Waals surface area contributed by atoms with Crippen LogP contribution in [0.4, 0.5) is 11.5 Å². The lowest BCUT2D eigenvalue weighted by molar-refractivity contribution is -0.389. The van der Waals surface area contributed by atoms with Gasteiger partial charge in [0.1, 0.15) is 5.56 Å². The average Bonchev–Trinajstić information content (AvgIpc) is 2.28. The van der Waals surface area contributed by atoms with E-state index in [-0.39, 0.29) is 17.0 Å². The van der Waals surface area contributed by atoms with Crippen molar-refractivity contribution in [1.82, 2.24) is 4.98 Å². The molecule has 0 fully saturated rings. The van der Waals surface area contributed by atoms with E-state index >= 15 is 0 Å². The van der Waals surface area contributed by atoms with Crippen LogP contribution in [0.3, 0.4) is 0 Å². The Morgan fingerprint density at radius 2 is 2.24 bits per heavy atom. The zero-order chi connectivity index (χ0) is 12.8. The van der Waals surface area contributed by atoms with Gasteiger partial charge in [-0.1, -0.05) is 19.8 Å². The van der Waals surface area contributed by atoms with Crippen LogP contribution in [0.5, 0.6) is 0 Å². The first kappa shape index (κ1) is 13.1. The predicted octanol–water partition coefficient (Wildman–Crippen LogP) is 2.33. The zero-order valence-electron chi connectivity index (χ0n) is 9.68. The molecule has 0 saturated carbocycles. The van der Waals surface area contributed by atoms with E-state index < -0.39 is 10.7 Å². The van der Waals surface area contributed by atoms with Gasteiger partial charge in [-0.15, -0.1) is 0 Å². The molecule has 1 aromatic rings. The molecule has 0 bridgehead atoms. The minimum absolute atomic E-state index is 0.00565. The molecule has 0 atom stereocenters. The summed E-state index contributed by atoms with van der Waals surface area (Å²) in [5.74, 6) is -0.689. The van der Waals surface area contributed by atoms with Crippen LogP contribution in [-0.2, 0) is 0 Å². The highest BCUT2D eigenvalue weighted by Gasteiger charge is 2.21. The van der Waals surface area contributed by atoms with Crippen molar-refractivity contribution in [2.45, 2.75) is 32.6 Å². The normalized spacial score (nSPS) is 10.2. The second-order valence-electron chi connectivity index (χ2n) is 3.78. The lowest BCUT2D eigenvalue weighted by Crippen LogP contribution is -2.07. The van der Waals surface area contributed by atoms with Crippen molar-refractivity contribution in [3.63, 3.8) is 0 Å². The van der Waals surface area contributed by atoms with Gasteiger partial charge in [-0.3, -0.25) is 4.79 Å². The molecular formula is C11H15N3O3. The Bertz CT molecular complexity index is 432. The first-order chi connectivity index (χ1) is 8.06. The van der Waals surface area contributed by atoms with Crippen molar-refractivity contribution in [3.8, 4) is 0 Å². The number of aromatic nitrogens is 1. The summed E-state index contributed by atoms with van der Waals surface area (Å²) >= 11 is 0. The minimum atomic E-state index is -0.660. The molecule has 0 amide bonds. The van der Waals surface area contributed by atoms with Crippen LogP contribution in [0, 0.1) is 10.1 Å². The minimum Gasteiger partial charge on any atom is -0.396 e. The Balaban J connectivity index is 2.90. The van der Waals surface area contributed by atoms with Crippen molar-refractivity contribution >= 4 is 17.3 Å². The van der Waals surface area contributed by atoms with Crippen molar-refractivity contribution < 1.29 is 9.72 Å². The number of unbranched alkanes of at least 4 members (excludes halogenated alkanes) is 2. The van der Waals surface area contributed by atoms with Crippen LogP contribution in [-0.4, -0.2) is 15.7 Å². The fourth-order valence-corrected chi connectivity index (χ4v) is 1.49. The molecule has 0 aliphatic heterocycles. The second kappa shape index (κ2) is 5.93. The Morgan fingerprint density at radius 3 is 2.82 bits per heavy atom. The summed E-state index contributed by atoms with van der Waals surface area (Å²) in [5.41, 5.74) is 5.75. The Hall–Kier alpha value is -1.98. The van der Waals surface area contributed by atoms with Gasteiger partial charge in [0.05, 0.1) is 5.69 Å². The summed E-state index contributed by atoms with van der Waals surface area (Å²) < 4.78 is 0. The summed E-state index contributed by atoms with van der Waals surface area (Å²) in [6, 6.07) is 1.32. The van der Waals surface area contributed by atoms with E-state index in [4.69, 9.17) is 5.73 Å². The number of hydrogen-bond donors (Lipinski definition) is 1. The van der Waals surface area contributed by atoms with Crippen LogP contribution >= 0.6 is 0 Å². The maximum Gasteiger partial charge on any atom is 0.374 e. The van der Waals surface area contributed by atoms with Gasteiger partial charge in [0, 0.05) is 6.42 Å². The topological polar surface area (TPSA) is 99.1 Å². The number of nitrogens with zero attached hydrogens (tertiary/aromatic N) is 2. The molecule has 0 aromatic carbocycles. The number of pyridine rings is 1. The van der Waals surface area contributed by atoms with Crippen molar-refractivity contribution in [1.29, 1.82) is 0 Å². The van der Waals surface area contributed by atoms with E-state index in [9.17, 15) is 14.9 Å². The number of rotatable bonds is 6. The molecule has 0 radical (unpaired) electrons. The molecule has 0 spiro atoms. The van der Waals surface area contributed by atoms with Crippen molar-refractivity contribution in [3.05, 3.63) is 27.9 Å². The van der Waals surface area contributed by atoms with Crippen LogP contribution < -0.4 is 5.73 Å². The fourth-order valence-electron chi connectivity index (χ4n) is 1.49. The molecule has 6 heteroatoms. The summed E-state index contributed by atoms with van der Waals surface area (Å²) in [6.45, 7) is 2.02. The standard InChI is InChI=1S/C11H15N3O3/c1-2-3-4-5-10(15)9-6-8(12)7-13-11(9)14(16)17/h6-7H,2-5,12H2,1H3. The number of nitrogen functional groups attached to an aromatic ring is 1. The van der Waals surface area contributed by atoms with Gasteiger partial charge < -0.3 is 15.8 Å². The first-order valence-electron chi connectivity index (χ1n) is 5.49. The molecular weight excluding hydrogens is 222 g/mol. The molecule has 6 nitrogen and oxygen atoms in total. The molecule has 1 aromatic heterocycles. The molecule has 1 heterocycles. The van der Waals surface area contributed by atoms with Crippen molar-refractivity contribution in [2.24, 2.45) is 0 Å². The van der Waals surface area contributed by atoms with E-state index in [0.717, 1.165) is 19.3 Å². The van der Waals surface area contributed by atoms with Gasteiger partial charge >= 0.3 is 5.82 Å². The van der Waals surface area contributed by atoms with Gasteiger partial charge in [-0.25, -0.2) is 0 Å². The number of carbonyl (C=O) groups excluding carboxylic acids is 1. The van der Waals surface area contributed by atoms with E-state index in [1.807, 2.05) is 6.92 Å². The van der Waals surface area contributed by atoms with Gasteiger partial charge in [0.25, 0.3) is 0 Å². The molecule has 17 heavy (non-hydrogen) atoms. The van der Waals surface area contributed by atoms with E-state index in [2.05, 4.69) is 4.98 Å². The lowest BCUT2D eigenvalue weighted by atomic mass is 10.1. The number of anilines is 1. The smallest absolute Gasteiger partial charge is 0.374 e. The monoisotopic (exact) mass is 237 g/mol. The van der Waals surface area contributed by atoms with Gasteiger partial charge in [-0.2, -0.15) is 0 Å². The summed E-state index contributed by atoms with van der Waals surface area (Å²) in [5, 5.41) is 10.7. The number of nitro groups is 1. The third kappa shape index (κ3) is 3.51. The number of ketones is 1. The van der Waals surface area contributed by atoms with Crippen molar-refractivity contribution in [2.75, 3.05) is 5.73 Å². The molecule has 0 saturated heterocycles. The molecule has 2 N–H and O–H groups in total. The summed E-state index contributed by atoms with van der Waals surface area (Å²) in [4.78, 5) is 25.4. The highest BCUT2D eigenvalue weighted by atomic mass is 16.6. The molecule has 0 aliphatic rings. The van der Waals surface area contributed by atoms with Gasteiger partial charge in [0.15, 0.2) is 12.0 Å². The molecule has 1 rings (SSSR count).